The largest absolute Gasteiger partial charge is 0.497 e. The number of amides is 2. The van der Waals surface area contributed by atoms with Crippen LogP contribution in [0.3, 0.4) is 0 Å². The molecule has 2 amide bonds. The van der Waals surface area contributed by atoms with Crippen LogP contribution in [-0.2, 0) is 11.8 Å². The van der Waals surface area contributed by atoms with E-state index in [1.165, 1.54) is 44.6 Å². The number of hydrogen-bond acceptors (Lipinski definition) is 8. The maximum absolute atomic E-state index is 14.9. The lowest BCUT2D eigenvalue weighted by atomic mass is 10.2. The Hall–Kier alpha value is -5.33. The average molecular weight is 547 g/mol. The number of aromatic nitrogens is 4. The van der Waals surface area contributed by atoms with Crippen molar-refractivity contribution in [3.63, 3.8) is 0 Å². The van der Waals surface area contributed by atoms with Crippen LogP contribution in [0.2, 0.25) is 0 Å². The number of halogens is 1. The molecule has 0 saturated heterocycles. The lowest BCUT2D eigenvalue weighted by molar-refractivity contribution is -0.117. The van der Waals surface area contributed by atoms with Crippen molar-refractivity contribution in [1.82, 2.24) is 19.3 Å². The van der Waals surface area contributed by atoms with E-state index in [2.05, 4.69) is 20.7 Å². The summed E-state index contributed by atoms with van der Waals surface area (Å²) in [4.78, 5) is 54.2. The predicted octanol–water partition coefficient (Wildman–Crippen LogP) is 2.87. The van der Waals surface area contributed by atoms with Crippen LogP contribution in [-0.4, -0.2) is 38.3 Å². The maximum Gasteiger partial charge on any atom is 0.351 e. The van der Waals surface area contributed by atoms with Crippen molar-refractivity contribution < 1.29 is 23.5 Å². The van der Waals surface area contributed by atoms with Gasteiger partial charge in [-0.3, -0.25) is 19.0 Å². The maximum atomic E-state index is 14.9. The number of nitrogens with one attached hydrogen (secondary N) is 2. The molecular weight excluding hydrogens is 523 g/mol. The quantitative estimate of drug-likeness (QED) is 0.343. The normalized spacial score (nSPS) is 12.5. The topological polar surface area (TPSA) is 146 Å². The number of hydrogen-bond donors (Lipinski definition) is 2. The monoisotopic (exact) mass is 546 g/mol. The number of anilines is 2. The van der Waals surface area contributed by atoms with Crippen LogP contribution in [0.1, 0.15) is 23.3 Å². The molecule has 2 heterocycles. The van der Waals surface area contributed by atoms with Gasteiger partial charge in [0.15, 0.2) is 11.6 Å². The molecule has 0 bridgehead atoms. The van der Waals surface area contributed by atoms with Crippen LogP contribution in [0, 0.1) is 11.7 Å². The first-order valence-electron chi connectivity index (χ1n) is 12.1. The Morgan fingerprint density at radius 2 is 1.75 bits per heavy atom. The van der Waals surface area contributed by atoms with Crippen molar-refractivity contribution in [3.05, 3.63) is 93.1 Å². The Morgan fingerprint density at radius 3 is 2.42 bits per heavy atom. The lowest BCUT2D eigenvalue weighted by Gasteiger charge is -2.12. The first-order chi connectivity index (χ1) is 19.2. The predicted molar refractivity (Wildman–Crippen MR) is 142 cm³/mol. The third kappa shape index (κ3) is 5.57. The molecule has 2 aromatic heterocycles. The molecule has 4 aromatic rings. The van der Waals surface area contributed by atoms with Gasteiger partial charge in [-0.2, -0.15) is 9.78 Å². The highest BCUT2D eigenvalue weighted by atomic mass is 19.1. The smallest absolute Gasteiger partial charge is 0.351 e. The zero-order chi connectivity index (χ0) is 28.4. The Balaban J connectivity index is 1.33. The Kier molecular flexibility index (Phi) is 7.10. The van der Waals surface area contributed by atoms with Gasteiger partial charge >= 0.3 is 5.69 Å². The molecule has 40 heavy (non-hydrogen) atoms. The van der Waals surface area contributed by atoms with Gasteiger partial charge in [-0.15, -0.1) is 0 Å². The van der Waals surface area contributed by atoms with E-state index in [9.17, 15) is 23.6 Å². The highest BCUT2D eigenvalue weighted by molar-refractivity contribution is 6.02. The molecule has 0 aliphatic heterocycles. The van der Waals surface area contributed by atoms with Gasteiger partial charge in [0.1, 0.15) is 17.3 Å². The molecule has 0 spiro atoms. The number of ether oxygens (including phenoxy) is 2. The van der Waals surface area contributed by atoms with E-state index in [1.807, 2.05) is 0 Å². The number of carbonyl (C=O) groups excluding carboxylic acids is 2. The second-order valence-electron chi connectivity index (χ2n) is 8.95. The third-order valence-corrected chi connectivity index (χ3v) is 6.06. The summed E-state index contributed by atoms with van der Waals surface area (Å²) in [7, 11) is 2.71. The van der Waals surface area contributed by atoms with Gasteiger partial charge in [-0.1, -0.05) is 0 Å². The first kappa shape index (κ1) is 26.3. The molecule has 5 rings (SSSR count). The second-order valence-corrected chi connectivity index (χ2v) is 8.95. The molecule has 2 aromatic carbocycles. The molecule has 1 saturated carbocycles. The average Bonchev–Trinajstić information content (AvgIpc) is 3.80. The van der Waals surface area contributed by atoms with Gasteiger partial charge in [0.05, 0.1) is 12.8 Å². The molecule has 2 N–H and O–H groups in total. The number of nitrogens with zero attached hydrogens (tertiary/aromatic N) is 4. The molecule has 12 nitrogen and oxygen atoms in total. The molecule has 0 unspecified atom stereocenters. The summed E-state index contributed by atoms with van der Waals surface area (Å²) in [6.45, 7) is 0. The summed E-state index contributed by atoms with van der Waals surface area (Å²) in [5.74, 6) is -0.964. The Labute approximate surface area is 226 Å². The highest BCUT2D eigenvalue weighted by Gasteiger charge is 2.29. The highest BCUT2D eigenvalue weighted by Crippen LogP contribution is 2.31. The van der Waals surface area contributed by atoms with Gasteiger partial charge in [0, 0.05) is 37.0 Å². The Morgan fingerprint density at radius 1 is 1.00 bits per heavy atom. The lowest BCUT2D eigenvalue weighted by Crippen LogP contribution is -2.43. The van der Waals surface area contributed by atoms with Crippen LogP contribution in [0.15, 0.2) is 70.4 Å². The van der Waals surface area contributed by atoms with E-state index in [0.717, 1.165) is 28.2 Å². The Bertz CT molecular complexity index is 1730. The number of pyridine rings is 1. The van der Waals surface area contributed by atoms with Crippen molar-refractivity contribution in [2.24, 2.45) is 13.0 Å². The third-order valence-electron chi connectivity index (χ3n) is 6.06. The zero-order valence-electron chi connectivity index (χ0n) is 21.4. The summed E-state index contributed by atoms with van der Waals surface area (Å²) >= 11 is 0. The number of benzene rings is 2. The fourth-order valence-corrected chi connectivity index (χ4v) is 3.70. The van der Waals surface area contributed by atoms with Crippen LogP contribution >= 0.6 is 0 Å². The summed E-state index contributed by atoms with van der Waals surface area (Å²) in [6, 6.07) is 12.9. The van der Waals surface area contributed by atoms with Crippen LogP contribution in [0.25, 0.3) is 5.69 Å². The minimum Gasteiger partial charge on any atom is -0.497 e. The van der Waals surface area contributed by atoms with Crippen LogP contribution < -0.4 is 31.4 Å². The summed E-state index contributed by atoms with van der Waals surface area (Å²) in [5.41, 5.74) is -1.93. The molecular formula is C27H23FN6O6. The minimum absolute atomic E-state index is 0.00662. The van der Waals surface area contributed by atoms with Crippen molar-refractivity contribution in [3.8, 4) is 22.9 Å². The number of rotatable bonds is 8. The van der Waals surface area contributed by atoms with Crippen molar-refractivity contribution in [2.45, 2.75) is 12.8 Å². The molecule has 1 aliphatic carbocycles. The van der Waals surface area contributed by atoms with Gasteiger partial charge in [-0.25, -0.2) is 14.2 Å². The summed E-state index contributed by atoms with van der Waals surface area (Å²) < 4.78 is 27.2. The molecule has 0 atom stereocenters. The number of carbonyl (C=O) groups is 2. The van der Waals surface area contributed by atoms with Crippen molar-refractivity contribution in [2.75, 3.05) is 17.7 Å². The molecule has 1 aliphatic rings. The zero-order valence-corrected chi connectivity index (χ0v) is 21.4. The van der Waals surface area contributed by atoms with Gasteiger partial charge in [0.2, 0.25) is 11.6 Å². The molecule has 13 heteroatoms. The van der Waals surface area contributed by atoms with Crippen molar-refractivity contribution >= 4 is 23.3 Å². The van der Waals surface area contributed by atoms with Crippen LogP contribution in [0.5, 0.6) is 17.2 Å². The first-order valence-corrected chi connectivity index (χ1v) is 12.1. The van der Waals surface area contributed by atoms with E-state index >= 15 is 0 Å². The van der Waals surface area contributed by atoms with Gasteiger partial charge in [-0.05, 0) is 55.3 Å². The molecule has 204 valence electrons. The molecule has 1 fully saturated rings. The second kappa shape index (κ2) is 10.8. The van der Waals surface area contributed by atoms with E-state index in [-0.39, 0.29) is 34.8 Å². The van der Waals surface area contributed by atoms with E-state index < -0.39 is 28.7 Å². The van der Waals surface area contributed by atoms with E-state index in [0.29, 0.717) is 11.4 Å². The van der Waals surface area contributed by atoms with Gasteiger partial charge < -0.3 is 20.1 Å². The van der Waals surface area contributed by atoms with Crippen LogP contribution in [0.4, 0.5) is 15.9 Å². The van der Waals surface area contributed by atoms with E-state index in [4.69, 9.17) is 9.47 Å². The SMILES string of the molecule is COc1ccc(-n2nc(C(=O)Nc3ccc(Oc4ccnc(NC(=O)C5CC5)c4)c(F)c3)c(=O)n(C)c2=O)cc1. The minimum atomic E-state index is -0.943. The molecule has 0 radical (unpaired) electrons. The van der Waals surface area contributed by atoms with E-state index in [1.54, 1.807) is 24.3 Å². The number of methoxy groups -OCH3 is 1. The van der Waals surface area contributed by atoms with Gasteiger partial charge in [0.25, 0.3) is 11.5 Å². The standard InChI is InChI=1S/C27H23FN6O6/c1-33-26(37)23(32-34(27(33)38)17-6-8-18(39-2)9-7-17)25(36)30-16-5-10-21(20(28)13-16)40-19-11-12-29-22(14-19)31-24(35)15-3-4-15/h5-15H,3-4H2,1-2H3,(H,30,36)(H,29,31,35). The fourth-order valence-electron chi connectivity index (χ4n) is 3.70. The summed E-state index contributed by atoms with van der Waals surface area (Å²) in [5, 5.41) is 9.07. The van der Waals surface area contributed by atoms with Crippen molar-refractivity contribution in [1.29, 1.82) is 0 Å². The summed E-state index contributed by atoms with van der Waals surface area (Å²) in [6.07, 6.45) is 3.10. The fraction of sp³-hybridized carbons (Fsp3) is 0.185.